The number of hydrogen-bond donors (Lipinski definition) is 0. The van der Waals surface area contributed by atoms with Gasteiger partial charge in [0, 0.05) is 0 Å². The number of rotatable bonds is 4. The monoisotopic (exact) mass is 742 g/mol. The molecule has 0 aliphatic heterocycles. The van der Waals surface area contributed by atoms with Gasteiger partial charge in [0.1, 0.15) is 0 Å². The molecule has 6 aromatic carbocycles. The summed E-state index contributed by atoms with van der Waals surface area (Å²) in [5.41, 5.74) is 8.59. The molecule has 0 amide bonds. The average molecular weight is 746 g/mol. The van der Waals surface area contributed by atoms with Gasteiger partial charge < -0.3 is 0 Å². The van der Waals surface area contributed by atoms with E-state index in [1.807, 2.05) is 0 Å². The molecule has 0 fully saturated rings. The summed E-state index contributed by atoms with van der Waals surface area (Å²) in [4.78, 5) is 0. The zero-order chi connectivity index (χ0) is 28.2. The van der Waals surface area contributed by atoms with E-state index in [1.165, 1.54) is 49.4 Å². The fraction of sp³-hybridized carbons (Fsp3) is 0.0513. The van der Waals surface area contributed by atoms with Crippen molar-refractivity contribution < 1.29 is 21.3 Å². The van der Waals surface area contributed by atoms with E-state index in [-0.39, 0.29) is 0 Å². The fourth-order valence-corrected chi connectivity index (χ4v) is 16.7. The molecular formula is C39H26Br2Zr. The van der Waals surface area contributed by atoms with E-state index in [0.29, 0.717) is 3.63 Å². The van der Waals surface area contributed by atoms with Crippen LogP contribution >= 0.6 is 31.9 Å². The Labute approximate surface area is 270 Å². The summed E-state index contributed by atoms with van der Waals surface area (Å²) in [5, 5.41) is 5.48. The summed E-state index contributed by atoms with van der Waals surface area (Å²) in [6, 6.07) is 45.5. The molecule has 0 saturated heterocycles. The van der Waals surface area contributed by atoms with Gasteiger partial charge in [-0.15, -0.1) is 0 Å². The SMILES string of the molecule is Brc1ccc([C](c2ccc(Br)cc2)=[Zr]([C]2=CC=CC2)[CH]2c3ccccc3-c3c2c2ccccc2c2ccccc32)cc1. The molecule has 6 aromatic rings. The summed E-state index contributed by atoms with van der Waals surface area (Å²) in [7, 11) is 0. The molecule has 1 unspecified atom stereocenters. The molecule has 0 nitrogen and oxygen atoms in total. The first-order chi connectivity index (χ1) is 20.7. The van der Waals surface area contributed by atoms with Crippen LogP contribution in [0.3, 0.4) is 0 Å². The van der Waals surface area contributed by atoms with Gasteiger partial charge in [0.2, 0.25) is 0 Å². The van der Waals surface area contributed by atoms with E-state index in [2.05, 4.69) is 171 Å². The van der Waals surface area contributed by atoms with Crippen molar-refractivity contribution in [3.05, 3.63) is 174 Å². The summed E-state index contributed by atoms with van der Waals surface area (Å²) in [6.45, 7) is 0. The quantitative estimate of drug-likeness (QED) is 0.158. The van der Waals surface area contributed by atoms with Crippen LogP contribution in [0.1, 0.15) is 32.3 Å². The molecule has 8 rings (SSSR count). The zero-order valence-electron chi connectivity index (χ0n) is 22.8. The normalized spacial score (nSPS) is 15.1. The van der Waals surface area contributed by atoms with E-state index in [0.717, 1.165) is 15.4 Å². The molecule has 0 saturated carbocycles. The van der Waals surface area contributed by atoms with E-state index >= 15 is 0 Å². The predicted molar refractivity (Wildman–Crippen MR) is 182 cm³/mol. The van der Waals surface area contributed by atoms with Crippen LogP contribution in [0.25, 0.3) is 32.7 Å². The Balaban J connectivity index is 1.56. The van der Waals surface area contributed by atoms with Gasteiger partial charge in [-0.25, -0.2) is 0 Å². The van der Waals surface area contributed by atoms with Gasteiger partial charge in [-0.3, -0.25) is 0 Å². The third-order valence-electron chi connectivity index (χ3n) is 8.74. The van der Waals surface area contributed by atoms with Crippen molar-refractivity contribution >= 4 is 56.6 Å². The molecule has 42 heavy (non-hydrogen) atoms. The minimum atomic E-state index is -2.77. The fourth-order valence-electron chi connectivity index (χ4n) is 7.04. The molecule has 1 atom stereocenters. The first-order valence-corrected chi connectivity index (χ1v) is 19.8. The van der Waals surface area contributed by atoms with Crippen LogP contribution in [-0.4, -0.2) is 3.21 Å². The van der Waals surface area contributed by atoms with Crippen molar-refractivity contribution in [2.75, 3.05) is 0 Å². The third-order valence-corrected chi connectivity index (χ3v) is 18.0. The number of halogens is 2. The van der Waals surface area contributed by atoms with Gasteiger partial charge in [0.05, 0.1) is 0 Å². The van der Waals surface area contributed by atoms with Crippen molar-refractivity contribution in [2.24, 2.45) is 0 Å². The molecule has 0 spiro atoms. The molecule has 0 bridgehead atoms. The Hall–Kier alpha value is -2.97. The molecular weight excluding hydrogens is 719 g/mol. The molecule has 0 aromatic heterocycles. The Morgan fingerprint density at radius 3 is 1.76 bits per heavy atom. The van der Waals surface area contributed by atoms with Crippen molar-refractivity contribution in [3.63, 3.8) is 0 Å². The third kappa shape index (κ3) is 4.36. The van der Waals surface area contributed by atoms with Gasteiger partial charge >= 0.3 is 273 Å². The Morgan fingerprint density at radius 1 is 0.595 bits per heavy atom. The van der Waals surface area contributed by atoms with E-state index in [4.69, 9.17) is 0 Å². The maximum absolute atomic E-state index is 3.70. The zero-order valence-corrected chi connectivity index (χ0v) is 28.4. The Bertz CT molecular complexity index is 2070. The molecule has 0 N–H and O–H groups in total. The minimum absolute atomic E-state index is 0.363. The van der Waals surface area contributed by atoms with Crippen LogP contribution in [0.5, 0.6) is 0 Å². The summed E-state index contributed by atoms with van der Waals surface area (Å²) < 4.78 is 5.81. The predicted octanol–water partition coefficient (Wildman–Crippen LogP) is 11.3. The van der Waals surface area contributed by atoms with Crippen LogP contribution in [-0.2, 0) is 21.3 Å². The van der Waals surface area contributed by atoms with Crippen LogP contribution in [0.15, 0.2) is 152 Å². The van der Waals surface area contributed by atoms with E-state index in [1.54, 1.807) is 12.1 Å². The second kappa shape index (κ2) is 10.9. The van der Waals surface area contributed by atoms with Gasteiger partial charge in [-0.1, -0.05) is 0 Å². The summed E-state index contributed by atoms with van der Waals surface area (Å²) >= 11 is 4.63. The van der Waals surface area contributed by atoms with Gasteiger partial charge in [0.15, 0.2) is 0 Å². The Kier molecular flexibility index (Phi) is 6.94. The van der Waals surface area contributed by atoms with Crippen LogP contribution in [0, 0.1) is 0 Å². The van der Waals surface area contributed by atoms with Crippen molar-refractivity contribution in [2.45, 2.75) is 10.0 Å². The first kappa shape index (κ1) is 26.6. The molecule has 0 heterocycles. The maximum atomic E-state index is 3.70. The van der Waals surface area contributed by atoms with Gasteiger partial charge in [0.25, 0.3) is 0 Å². The van der Waals surface area contributed by atoms with Crippen LogP contribution < -0.4 is 0 Å². The topological polar surface area (TPSA) is 0 Å². The van der Waals surface area contributed by atoms with Gasteiger partial charge in [-0.2, -0.15) is 0 Å². The van der Waals surface area contributed by atoms with E-state index < -0.39 is 21.3 Å². The number of allylic oxidation sites excluding steroid dienone is 4. The summed E-state index contributed by atoms with van der Waals surface area (Å²) in [6.07, 6.45) is 8.15. The molecule has 2 aliphatic carbocycles. The van der Waals surface area contributed by atoms with E-state index in [9.17, 15) is 0 Å². The molecule has 2 aliphatic rings. The molecule has 200 valence electrons. The van der Waals surface area contributed by atoms with Crippen molar-refractivity contribution in [3.8, 4) is 11.1 Å². The molecule has 0 radical (unpaired) electrons. The first-order valence-electron chi connectivity index (χ1n) is 14.3. The van der Waals surface area contributed by atoms with Crippen molar-refractivity contribution in [1.29, 1.82) is 0 Å². The standard InChI is InChI=1S/C21H13.C13H8Br2.C5H5.Zr/c1-2-8-15-14(7-1)13-20-18-11-4-3-9-16(18)17-10-5-6-12-19(17)21(15)20;14-12-5-1-10(2-6-12)9-11-3-7-13(15)8-4-11;1-2-4-5-3-1;/h1-13H;1-8H;1-3H,4H2;. The number of benzene rings is 6. The average Bonchev–Trinajstić information content (AvgIpc) is 3.69. The number of fused-ring (bicyclic) bond motifs is 8. The second-order valence-electron chi connectivity index (χ2n) is 11.0. The van der Waals surface area contributed by atoms with Crippen LogP contribution in [0.4, 0.5) is 0 Å². The second-order valence-corrected chi connectivity index (χ2v) is 19.1. The summed E-state index contributed by atoms with van der Waals surface area (Å²) in [5.74, 6) is 0. The van der Waals surface area contributed by atoms with Gasteiger partial charge in [-0.05, 0) is 0 Å². The van der Waals surface area contributed by atoms with Crippen LogP contribution in [0.2, 0.25) is 0 Å². The Morgan fingerprint density at radius 2 is 1.14 bits per heavy atom. The molecule has 3 heteroatoms. The van der Waals surface area contributed by atoms with Crippen molar-refractivity contribution in [1.82, 2.24) is 0 Å². The number of hydrogen-bond acceptors (Lipinski definition) is 0.